The fourth-order valence-electron chi connectivity index (χ4n) is 1.54. The van der Waals surface area contributed by atoms with E-state index in [4.69, 9.17) is 4.42 Å². The number of carbonyl (C=O) groups excluding carboxylic acids is 1. The second kappa shape index (κ2) is 5.10. The van der Waals surface area contributed by atoms with Crippen molar-refractivity contribution < 1.29 is 9.21 Å². The predicted octanol–water partition coefficient (Wildman–Crippen LogP) is 3.06. The van der Waals surface area contributed by atoms with Crippen LogP contribution in [0.25, 0.3) is 0 Å². The molecule has 0 aliphatic carbocycles. The van der Waals surface area contributed by atoms with Crippen molar-refractivity contribution >= 4 is 18.5 Å². The third-order valence-corrected chi connectivity index (χ3v) is 2.70. The van der Waals surface area contributed by atoms with Crippen LogP contribution in [0.3, 0.4) is 0 Å². The van der Waals surface area contributed by atoms with Gasteiger partial charge in [-0.15, -0.1) is 12.6 Å². The molecule has 1 atom stereocenters. The van der Waals surface area contributed by atoms with E-state index in [1.807, 2.05) is 19.1 Å². The Hall–Kier alpha value is -1.68. The van der Waals surface area contributed by atoms with Gasteiger partial charge in [0.25, 0.3) is 5.91 Å². The molecule has 0 aliphatic heterocycles. The third kappa shape index (κ3) is 2.91. The molecule has 0 bridgehead atoms. The molecule has 0 radical (unpaired) electrons. The first-order chi connectivity index (χ1) is 8.16. The van der Waals surface area contributed by atoms with Gasteiger partial charge >= 0.3 is 0 Å². The maximum Gasteiger partial charge on any atom is 0.251 e. The topological polar surface area (TPSA) is 42.2 Å². The summed E-state index contributed by atoms with van der Waals surface area (Å²) >= 11 is 4.20. The normalized spacial score (nSPS) is 12.1. The molecular weight excluding hydrogens is 234 g/mol. The fraction of sp³-hybridized carbons (Fsp3) is 0.154. The number of carbonyl (C=O) groups is 1. The predicted molar refractivity (Wildman–Crippen MR) is 68.3 cm³/mol. The van der Waals surface area contributed by atoms with Gasteiger partial charge in [-0.2, -0.15) is 0 Å². The molecule has 2 rings (SSSR count). The number of furan rings is 1. The summed E-state index contributed by atoms with van der Waals surface area (Å²) < 4.78 is 5.23. The lowest BCUT2D eigenvalue weighted by atomic mass is 10.2. The standard InChI is InChI=1S/C13H13NO2S/c1-9(12-6-3-7-16-12)14-13(15)10-4-2-5-11(17)8-10/h2-9,17H,1H3,(H,14,15). The summed E-state index contributed by atoms with van der Waals surface area (Å²) in [5, 5.41) is 2.86. The van der Waals surface area contributed by atoms with Gasteiger partial charge < -0.3 is 9.73 Å². The Kier molecular flexibility index (Phi) is 3.54. The quantitative estimate of drug-likeness (QED) is 0.818. The van der Waals surface area contributed by atoms with Crippen molar-refractivity contribution in [3.05, 3.63) is 54.0 Å². The van der Waals surface area contributed by atoms with Gasteiger partial charge in [0.15, 0.2) is 0 Å². The van der Waals surface area contributed by atoms with Crippen molar-refractivity contribution in [3.63, 3.8) is 0 Å². The van der Waals surface area contributed by atoms with Crippen LogP contribution in [0.2, 0.25) is 0 Å². The van der Waals surface area contributed by atoms with Crippen molar-refractivity contribution in [1.82, 2.24) is 5.32 Å². The first kappa shape index (κ1) is 11.8. The molecule has 1 heterocycles. The number of amides is 1. The summed E-state index contributed by atoms with van der Waals surface area (Å²) in [6.07, 6.45) is 1.59. The molecule has 1 unspecified atom stereocenters. The highest BCUT2D eigenvalue weighted by Gasteiger charge is 2.13. The number of rotatable bonds is 3. The average molecular weight is 247 g/mol. The number of thiol groups is 1. The lowest BCUT2D eigenvalue weighted by Crippen LogP contribution is -2.26. The number of nitrogens with one attached hydrogen (secondary N) is 1. The Balaban J connectivity index is 2.07. The summed E-state index contributed by atoms with van der Waals surface area (Å²) in [6, 6.07) is 10.6. The van der Waals surface area contributed by atoms with Crippen molar-refractivity contribution in [2.75, 3.05) is 0 Å². The first-order valence-corrected chi connectivity index (χ1v) is 5.75. The molecule has 1 aromatic heterocycles. The van der Waals surface area contributed by atoms with Gasteiger partial charge in [0.05, 0.1) is 12.3 Å². The van der Waals surface area contributed by atoms with Crippen LogP contribution in [0.4, 0.5) is 0 Å². The molecule has 3 nitrogen and oxygen atoms in total. The summed E-state index contributed by atoms with van der Waals surface area (Å²) in [6.45, 7) is 1.88. The van der Waals surface area contributed by atoms with Gasteiger partial charge in [0.1, 0.15) is 5.76 Å². The molecule has 1 N–H and O–H groups in total. The number of hydrogen-bond donors (Lipinski definition) is 2. The van der Waals surface area contributed by atoms with Gasteiger partial charge in [0, 0.05) is 10.5 Å². The van der Waals surface area contributed by atoms with Crippen molar-refractivity contribution in [2.24, 2.45) is 0 Å². The highest BCUT2D eigenvalue weighted by molar-refractivity contribution is 7.80. The Morgan fingerprint density at radius 2 is 2.18 bits per heavy atom. The Morgan fingerprint density at radius 1 is 1.35 bits per heavy atom. The summed E-state index contributed by atoms with van der Waals surface area (Å²) in [4.78, 5) is 12.7. The van der Waals surface area contributed by atoms with Gasteiger partial charge in [-0.05, 0) is 37.3 Å². The van der Waals surface area contributed by atoms with Gasteiger partial charge in [-0.1, -0.05) is 6.07 Å². The van der Waals surface area contributed by atoms with E-state index in [2.05, 4.69) is 17.9 Å². The SMILES string of the molecule is CC(NC(=O)c1cccc(S)c1)c1ccco1. The van der Waals surface area contributed by atoms with Crippen LogP contribution in [-0.2, 0) is 0 Å². The van der Waals surface area contributed by atoms with Crippen LogP contribution in [0.5, 0.6) is 0 Å². The van der Waals surface area contributed by atoms with E-state index in [1.54, 1.807) is 30.5 Å². The van der Waals surface area contributed by atoms with E-state index in [9.17, 15) is 4.79 Å². The van der Waals surface area contributed by atoms with Crippen LogP contribution in [0, 0.1) is 0 Å². The van der Waals surface area contributed by atoms with Crippen LogP contribution in [0.15, 0.2) is 52.0 Å². The monoisotopic (exact) mass is 247 g/mol. The highest BCUT2D eigenvalue weighted by Crippen LogP contribution is 2.14. The summed E-state index contributed by atoms with van der Waals surface area (Å²) in [5.41, 5.74) is 0.593. The van der Waals surface area contributed by atoms with E-state index < -0.39 is 0 Å². The first-order valence-electron chi connectivity index (χ1n) is 5.30. The maximum atomic E-state index is 11.9. The van der Waals surface area contributed by atoms with Gasteiger partial charge in [-0.25, -0.2) is 0 Å². The lowest BCUT2D eigenvalue weighted by Gasteiger charge is -2.11. The van der Waals surface area contributed by atoms with Gasteiger partial charge in [0.2, 0.25) is 0 Å². The molecule has 2 aromatic rings. The zero-order valence-electron chi connectivity index (χ0n) is 9.38. The minimum atomic E-state index is -0.152. The van der Waals surface area contributed by atoms with Crippen LogP contribution >= 0.6 is 12.6 Å². The second-order valence-electron chi connectivity index (χ2n) is 3.76. The molecular formula is C13H13NO2S. The smallest absolute Gasteiger partial charge is 0.251 e. The van der Waals surface area contributed by atoms with Crippen molar-refractivity contribution in [1.29, 1.82) is 0 Å². The second-order valence-corrected chi connectivity index (χ2v) is 4.28. The molecule has 4 heteroatoms. The third-order valence-electron chi connectivity index (χ3n) is 2.43. The summed E-state index contributed by atoms with van der Waals surface area (Å²) in [7, 11) is 0. The van der Waals surface area contributed by atoms with Crippen LogP contribution in [0.1, 0.15) is 29.1 Å². The van der Waals surface area contributed by atoms with E-state index in [0.29, 0.717) is 5.56 Å². The largest absolute Gasteiger partial charge is 0.467 e. The minimum Gasteiger partial charge on any atom is -0.467 e. The minimum absolute atomic E-state index is 0.134. The maximum absolute atomic E-state index is 11.9. The molecule has 0 aliphatic rings. The Morgan fingerprint density at radius 3 is 2.82 bits per heavy atom. The molecule has 0 saturated heterocycles. The van der Waals surface area contributed by atoms with E-state index in [-0.39, 0.29) is 11.9 Å². The van der Waals surface area contributed by atoms with Gasteiger partial charge in [-0.3, -0.25) is 4.79 Å². The van der Waals surface area contributed by atoms with E-state index in [0.717, 1.165) is 10.7 Å². The molecule has 0 spiro atoms. The average Bonchev–Trinajstić information content (AvgIpc) is 2.82. The van der Waals surface area contributed by atoms with E-state index in [1.165, 1.54) is 0 Å². The lowest BCUT2D eigenvalue weighted by molar-refractivity contribution is 0.0935. The molecule has 1 amide bonds. The highest BCUT2D eigenvalue weighted by atomic mass is 32.1. The molecule has 88 valence electrons. The van der Waals surface area contributed by atoms with Crippen molar-refractivity contribution in [2.45, 2.75) is 17.9 Å². The van der Waals surface area contributed by atoms with E-state index >= 15 is 0 Å². The molecule has 0 saturated carbocycles. The zero-order valence-corrected chi connectivity index (χ0v) is 10.3. The zero-order chi connectivity index (χ0) is 12.3. The van der Waals surface area contributed by atoms with Crippen LogP contribution < -0.4 is 5.32 Å². The van der Waals surface area contributed by atoms with Crippen LogP contribution in [-0.4, -0.2) is 5.91 Å². The van der Waals surface area contributed by atoms with Crippen molar-refractivity contribution in [3.8, 4) is 0 Å². The molecule has 1 aromatic carbocycles. The number of benzene rings is 1. The Bertz CT molecular complexity index is 508. The Labute approximate surface area is 105 Å². The molecule has 0 fully saturated rings. The summed E-state index contributed by atoms with van der Waals surface area (Å²) in [5.74, 6) is 0.602. The fourth-order valence-corrected chi connectivity index (χ4v) is 1.76. The number of hydrogen-bond acceptors (Lipinski definition) is 3. The molecule has 17 heavy (non-hydrogen) atoms.